The van der Waals surface area contributed by atoms with Crippen molar-refractivity contribution in [3.05, 3.63) is 11.6 Å². The smallest absolute Gasteiger partial charge is 0.187 e. The number of fused-ring (bicyclic) bond motifs is 5. The fraction of sp³-hybridized carbons (Fsp3) is 0.944. The van der Waals surface area contributed by atoms with Crippen LogP contribution in [0.25, 0.3) is 0 Å². The van der Waals surface area contributed by atoms with Crippen molar-refractivity contribution in [1.29, 1.82) is 0 Å². The number of carbonyl (C=O) groups is 1. The van der Waals surface area contributed by atoms with Crippen LogP contribution in [0.3, 0.4) is 0 Å². The molecule has 0 radical (unpaired) electrons. The van der Waals surface area contributed by atoms with Gasteiger partial charge in [0.05, 0.1) is 44.2 Å². The second kappa shape index (κ2) is 23.5. The van der Waals surface area contributed by atoms with Gasteiger partial charge in [-0.05, 0) is 93.3 Å². The fourth-order valence-electron chi connectivity index (χ4n) is 15.3. The Hall–Kier alpha value is -1.51. The summed E-state index contributed by atoms with van der Waals surface area (Å²) in [6.45, 7) is 13.2. The third-order valence-electron chi connectivity index (χ3n) is 20.5. The molecule has 24 nitrogen and oxygen atoms in total. The molecule has 4 aliphatic heterocycles. The molecule has 0 bridgehead atoms. The molecule has 0 aromatic heterocycles. The third kappa shape index (κ3) is 10.9. The summed E-state index contributed by atoms with van der Waals surface area (Å²) in [4.78, 5) is 15.2. The number of rotatable bonds is 17. The monoisotopic (exact) mass is 1120 g/mol. The number of Topliss-reactive ketones (excluding diaryl/α,β-unsaturated/α-hetero) is 1. The lowest BCUT2D eigenvalue weighted by molar-refractivity contribution is -0.380. The fourth-order valence-corrected chi connectivity index (χ4v) is 15.3. The van der Waals surface area contributed by atoms with Crippen LogP contribution >= 0.6 is 0 Å². The average Bonchev–Trinajstić information content (AvgIpc) is 3.21. The van der Waals surface area contributed by atoms with Crippen molar-refractivity contribution < 1.29 is 119 Å². The quantitative estimate of drug-likeness (QED) is 0.0645. The SMILES string of the molecule is C[C@H](CC[C@@H](O[C@@H]1O[C@H](CO[C@H]2O[C@H](CO)[C@@H](O)[C@H](O)[C@H]2O)[C@@H](O)[C@H](O)[C@H]1O[C@H]1O[C@@H](CO)[C@H](O)[C@@H](O)[C@@H]1O)C(C)(C)O)C1CC[C@@]2(C)C3CC=C4C(CC[C@H](O[C@@H]5O[C@H](CO)[C@@H](O)[C@H](O)[C@H]5O)C4(C)C)[C@]3(C)C(=O)C[C@]12C. The van der Waals surface area contributed by atoms with Crippen molar-refractivity contribution in [1.82, 2.24) is 0 Å². The van der Waals surface area contributed by atoms with Gasteiger partial charge < -0.3 is 114 Å². The van der Waals surface area contributed by atoms with Crippen molar-refractivity contribution in [2.45, 2.75) is 247 Å². The standard InChI is InChI=1S/C54H90O24/c1-22(23-15-16-52(6)30-12-10-24-25(54(30,8)31(58)17-53(23,52)7)11-14-32(50(24,2)3)76-47-43(68)39(64)35(60)27(19-56)73-47)9-13-33(51(4,5)70)77-49-45(78-48-44(69)40(65)36(61)28(20-57)74-48)41(66)37(62)29(75-49)21-71-46-42(67)38(63)34(59)26(18-55)72-46/h10,22-23,25-30,32-49,55-57,59-70H,9,11-21H2,1-8H3/t22-,23?,25?,26-,27-,28+,29-,30?,32+,33-,34-,35-,36+,37-,38+,39+,40-,41+,42-,43-,44+,45-,46+,47+,48-,49+,52+,53-,54+/m1/s1. The Morgan fingerprint density at radius 1 is 0.615 bits per heavy atom. The van der Waals surface area contributed by atoms with Crippen LogP contribution in [0.4, 0.5) is 0 Å². The summed E-state index contributed by atoms with van der Waals surface area (Å²) in [7, 11) is 0. The van der Waals surface area contributed by atoms with Gasteiger partial charge in [0, 0.05) is 17.3 Å². The van der Waals surface area contributed by atoms with E-state index < -0.39 is 183 Å². The van der Waals surface area contributed by atoms with Gasteiger partial charge in [0.2, 0.25) is 0 Å². The highest BCUT2D eigenvalue weighted by atomic mass is 16.8. The van der Waals surface area contributed by atoms with E-state index in [9.17, 15) is 76.6 Å². The van der Waals surface area contributed by atoms with Gasteiger partial charge in [-0.25, -0.2) is 0 Å². The molecule has 4 aliphatic carbocycles. The van der Waals surface area contributed by atoms with Crippen LogP contribution in [-0.2, 0) is 42.7 Å². The zero-order valence-electron chi connectivity index (χ0n) is 46.0. The molecule has 450 valence electrons. The van der Waals surface area contributed by atoms with E-state index in [1.165, 1.54) is 13.8 Å². The minimum Gasteiger partial charge on any atom is -0.394 e. The van der Waals surface area contributed by atoms with E-state index in [1.54, 1.807) is 0 Å². The number of carbonyl (C=O) groups excluding carboxylic acids is 1. The number of allylic oxidation sites excluding steroid dienone is 1. The predicted octanol–water partition coefficient (Wildman–Crippen LogP) is -3.02. The van der Waals surface area contributed by atoms with E-state index in [2.05, 4.69) is 47.6 Å². The normalized spacial score (nSPS) is 50.5. The number of ether oxygens (including phenoxy) is 8. The first-order valence-electron chi connectivity index (χ1n) is 27.9. The van der Waals surface area contributed by atoms with Crippen molar-refractivity contribution in [2.75, 3.05) is 26.4 Å². The molecule has 0 spiro atoms. The summed E-state index contributed by atoms with van der Waals surface area (Å²) in [6, 6.07) is 0. The topological polar surface area (TPSA) is 394 Å². The molecule has 4 heterocycles. The van der Waals surface area contributed by atoms with Gasteiger partial charge in [-0.2, -0.15) is 0 Å². The van der Waals surface area contributed by atoms with Crippen LogP contribution in [-0.4, -0.2) is 249 Å². The van der Waals surface area contributed by atoms with Crippen LogP contribution in [0.15, 0.2) is 11.6 Å². The van der Waals surface area contributed by atoms with E-state index in [1.807, 2.05) is 0 Å². The Bertz CT molecular complexity index is 2070. The molecule has 29 atom stereocenters. The van der Waals surface area contributed by atoms with Gasteiger partial charge in [-0.3, -0.25) is 4.79 Å². The number of hydrogen-bond acceptors (Lipinski definition) is 24. The maximum atomic E-state index is 15.2. The van der Waals surface area contributed by atoms with Crippen LogP contribution in [0.5, 0.6) is 0 Å². The molecule has 0 aromatic carbocycles. The minimum absolute atomic E-state index is 0.00290. The molecule has 24 heteroatoms. The second-order valence-corrected chi connectivity index (χ2v) is 25.7. The first kappa shape index (κ1) is 62.5. The van der Waals surface area contributed by atoms with E-state index in [-0.39, 0.29) is 41.3 Å². The van der Waals surface area contributed by atoms with Gasteiger partial charge >= 0.3 is 0 Å². The van der Waals surface area contributed by atoms with E-state index in [4.69, 9.17) is 37.9 Å². The van der Waals surface area contributed by atoms with Crippen molar-refractivity contribution >= 4 is 5.78 Å². The first-order valence-corrected chi connectivity index (χ1v) is 27.9. The summed E-state index contributed by atoms with van der Waals surface area (Å²) in [6.07, 6.45) is -27.7. The largest absolute Gasteiger partial charge is 0.394 e. The van der Waals surface area contributed by atoms with Gasteiger partial charge in [0.15, 0.2) is 25.2 Å². The summed E-state index contributed by atoms with van der Waals surface area (Å²) in [5.74, 6) is 0.111. The summed E-state index contributed by atoms with van der Waals surface area (Å²) < 4.78 is 47.7. The molecule has 8 rings (SSSR count). The molecule has 0 amide bonds. The number of aliphatic hydroxyl groups is 15. The summed E-state index contributed by atoms with van der Waals surface area (Å²) in [5, 5.41) is 159. The Morgan fingerprint density at radius 3 is 1.65 bits per heavy atom. The van der Waals surface area contributed by atoms with E-state index >= 15 is 4.79 Å². The van der Waals surface area contributed by atoms with Crippen LogP contribution in [0.1, 0.15) is 107 Å². The Kier molecular flexibility index (Phi) is 18.8. The number of hydrogen-bond donors (Lipinski definition) is 15. The number of aliphatic hydroxyl groups excluding tert-OH is 14. The predicted molar refractivity (Wildman–Crippen MR) is 267 cm³/mol. The summed E-state index contributed by atoms with van der Waals surface area (Å²) >= 11 is 0. The van der Waals surface area contributed by atoms with Gasteiger partial charge in [0.25, 0.3) is 0 Å². The molecule has 3 unspecified atom stereocenters. The number of ketones is 1. The summed E-state index contributed by atoms with van der Waals surface area (Å²) in [5.41, 5.74) is -2.54. The molecule has 4 saturated heterocycles. The van der Waals surface area contributed by atoms with Crippen LogP contribution < -0.4 is 0 Å². The minimum atomic E-state index is -1.94. The molecule has 78 heavy (non-hydrogen) atoms. The highest BCUT2D eigenvalue weighted by molar-refractivity contribution is 5.88. The Morgan fingerprint density at radius 2 is 1.12 bits per heavy atom. The Balaban J connectivity index is 0.988. The van der Waals surface area contributed by atoms with E-state index in [0.717, 1.165) is 18.4 Å². The molecular weight excluding hydrogens is 1030 g/mol. The van der Waals surface area contributed by atoms with Crippen LogP contribution in [0, 0.1) is 45.3 Å². The van der Waals surface area contributed by atoms with Crippen molar-refractivity contribution in [3.63, 3.8) is 0 Å². The second-order valence-electron chi connectivity index (χ2n) is 25.7. The third-order valence-corrected chi connectivity index (χ3v) is 20.5. The molecule has 8 aliphatic rings. The first-order chi connectivity index (χ1) is 36.4. The molecule has 0 aromatic rings. The molecule has 3 saturated carbocycles. The van der Waals surface area contributed by atoms with Crippen molar-refractivity contribution in [2.24, 2.45) is 45.3 Å². The Labute approximate surface area is 454 Å². The highest BCUT2D eigenvalue weighted by Gasteiger charge is 2.71. The maximum absolute atomic E-state index is 15.2. The lowest BCUT2D eigenvalue weighted by atomic mass is 9.38. The molecular formula is C54H90O24. The zero-order valence-corrected chi connectivity index (χ0v) is 46.0. The van der Waals surface area contributed by atoms with Gasteiger partial charge in [-0.15, -0.1) is 0 Å². The molecule has 15 N–H and O–H groups in total. The van der Waals surface area contributed by atoms with Crippen LogP contribution in [0.2, 0.25) is 0 Å². The highest BCUT2D eigenvalue weighted by Crippen LogP contribution is 2.74. The molecule has 7 fully saturated rings. The van der Waals surface area contributed by atoms with E-state index in [0.29, 0.717) is 32.1 Å². The lowest BCUT2D eigenvalue weighted by Gasteiger charge is -2.65. The average molecular weight is 1120 g/mol. The van der Waals surface area contributed by atoms with Crippen molar-refractivity contribution in [3.8, 4) is 0 Å². The maximum Gasteiger partial charge on any atom is 0.187 e. The van der Waals surface area contributed by atoms with Gasteiger partial charge in [0.1, 0.15) is 103 Å². The lowest BCUT2D eigenvalue weighted by Crippen LogP contribution is -2.65. The van der Waals surface area contributed by atoms with Gasteiger partial charge in [-0.1, -0.05) is 53.2 Å². The zero-order chi connectivity index (χ0) is 57.5.